The van der Waals surface area contributed by atoms with E-state index >= 15 is 0 Å². The van der Waals surface area contributed by atoms with Crippen LogP contribution in [0, 0.1) is 13.8 Å². The molecule has 0 unspecified atom stereocenters. The summed E-state index contributed by atoms with van der Waals surface area (Å²) < 4.78 is 1.76. The summed E-state index contributed by atoms with van der Waals surface area (Å²) in [6.45, 7) is 4.46. The van der Waals surface area contributed by atoms with Gasteiger partial charge in [-0.05, 0) is 50.1 Å². The van der Waals surface area contributed by atoms with Gasteiger partial charge in [0.15, 0.2) is 0 Å². The third-order valence-corrected chi connectivity index (χ3v) is 5.47. The molecule has 28 heavy (non-hydrogen) atoms. The summed E-state index contributed by atoms with van der Waals surface area (Å²) in [7, 11) is 1.82. The van der Waals surface area contributed by atoms with Crippen molar-refractivity contribution in [1.29, 1.82) is 0 Å². The van der Waals surface area contributed by atoms with Crippen LogP contribution in [0.3, 0.4) is 0 Å². The highest BCUT2D eigenvalue weighted by molar-refractivity contribution is 7.09. The molecule has 0 aliphatic rings. The highest BCUT2D eigenvalue weighted by atomic mass is 32.1. The number of aromatic nitrogens is 2. The zero-order valence-electron chi connectivity index (χ0n) is 16.3. The number of hydrogen-bond donors (Lipinski definition) is 2. The molecule has 0 fully saturated rings. The van der Waals surface area contributed by atoms with Crippen molar-refractivity contribution in [2.24, 2.45) is 7.05 Å². The second-order valence-corrected chi connectivity index (χ2v) is 7.67. The second kappa shape index (κ2) is 8.84. The fourth-order valence-electron chi connectivity index (χ4n) is 2.84. The minimum Gasteiger partial charge on any atom is -0.352 e. The molecule has 3 aromatic rings. The van der Waals surface area contributed by atoms with Gasteiger partial charge in [0.2, 0.25) is 0 Å². The van der Waals surface area contributed by atoms with Crippen molar-refractivity contribution in [2.45, 2.75) is 26.7 Å². The van der Waals surface area contributed by atoms with Crippen LogP contribution in [-0.4, -0.2) is 27.9 Å². The number of carbonyl (C=O) groups excluding carboxylic acids is 2. The molecule has 0 bridgehead atoms. The van der Waals surface area contributed by atoms with Gasteiger partial charge in [0.25, 0.3) is 11.8 Å². The molecule has 0 saturated carbocycles. The van der Waals surface area contributed by atoms with Crippen LogP contribution in [-0.2, 0) is 13.5 Å². The van der Waals surface area contributed by atoms with E-state index in [0.29, 0.717) is 23.5 Å². The molecule has 2 N–H and O–H groups in total. The fraction of sp³-hybridized carbons (Fsp3) is 0.286. The topological polar surface area (TPSA) is 76.0 Å². The number of thiazole rings is 1. The monoisotopic (exact) mass is 396 g/mol. The Balaban J connectivity index is 1.57. The van der Waals surface area contributed by atoms with Gasteiger partial charge in [0.1, 0.15) is 5.69 Å². The van der Waals surface area contributed by atoms with Crippen LogP contribution >= 0.6 is 11.3 Å². The van der Waals surface area contributed by atoms with Crippen LogP contribution in [0.4, 0.5) is 5.69 Å². The standard InChI is InChI=1S/C21H24N4O2S/c1-14-8-9-16(12-17(14)24-21(27)18-6-5-11-25(18)3)20(26)22-10-4-7-19-23-15(2)13-28-19/h5-6,8-9,11-13H,4,7,10H2,1-3H3,(H,22,26)(H,24,27). The van der Waals surface area contributed by atoms with Gasteiger partial charge in [-0.25, -0.2) is 4.98 Å². The van der Waals surface area contributed by atoms with Gasteiger partial charge in [0, 0.05) is 48.5 Å². The number of benzene rings is 1. The van der Waals surface area contributed by atoms with E-state index in [9.17, 15) is 9.59 Å². The lowest BCUT2D eigenvalue weighted by Crippen LogP contribution is -2.25. The molecule has 0 atom stereocenters. The van der Waals surface area contributed by atoms with E-state index < -0.39 is 0 Å². The van der Waals surface area contributed by atoms with Gasteiger partial charge in [-0.1, -0.05) is 6.07 Å². The van der Waals surface area contributed by atoms with E-state index in [4.69, 9.17) is 0 Å². The number of nitrogens with zero attached hydrogens (tertiary/aromatic N) is 2. The van der Waals surface area contributed by atoms with E-state index in [1.54, 1.807) is 34.1 Å². The Morgan fingerprint density at radius 2 is 2.00 bits per heavy atom. The first-order valence-electron chi connectivity index (χ1n) is 9.16. The van der Waals surface area contributed by atoms with Gasteiger partial charge in [0.05, 0.1) is 5.01 Å². The first-order valence-corrected chi connectivity index (χ1v) is 10.0. The van der Waals surface area contributed by atoms with Crippen LogP contribution < -0.4 is 10.6 Å². The quantitative estimate of drug-likeness (QED) is 0.598. The van der Waals surface area contributed by atoms with Gasteiger partial charge >= 0.3 is 0 Å². The third kappa shape index (κ3) is 4.86. The molecule has 6 nitrogen and oxygen atoms in total. The summed E-state index contributed by atoms with van der Waals surface area (Å²) in [6, 6.07) is 8.90. The number of aryl methyl sites for hydroxylation is 4. The summed E-state index contributed by atoms with van der Waals surface area (Å²) in [4.78, 5) is 29.3. The fourth-order valence-corrected chi connectivity index (χ4v) is 3.66. The Kier molecular flexibility index (Phi) is 6.26. The van der Waals surface area contributed by atoms with E-state index in [1.165, 1.54) is 0 Å². The van der Waals surface area contributed by atoms with Gasteiger partial charge < -0.3 is 15.2 Å². The minimum absolute atomic E-state index is 0.148. The number of rotatable bonds is 7. The number of nitrogens with one attached hydrogen (secondary N) is 2. The van der Waals surface area contributed by atoms with Crippen LogP contribution in [0.5, 0.6) is 0 Å². The molecule has 0 saturated heterocycles. The average Bonchev–Trinajstić information content (AvgIpc) is 3.28. The van der Waals surface area contributed by atoms with E-state index in [0.717, 1.165) is 29.1 Å². The van der Waals surface area contributed by atoms with Crippen molar-refractivity contribution in [3.63, 3.8) is 0 Å². The lowest BCUT2D eigenvalue weighted by molar-refractivity contribution is 0.0951. The number of hydrogen-bond acceptors (Lipinski definition) is 4. The Morgan fingerprint density at radius 1 is 1.18 bits per heavy atom. The second-order valence-electron chi connectivity index (χ2n) is 6.73. The molecular weight excluding hydrogens is 372 g/mol. The zero-order valence-corrected chi connectivity index (χ0v) is 17.1. The summed E-state index contributed by atoms with van der Waals surface area (Å²) in [5.74, 6) is -0.350. The van der Waals surface area contributed by atoms with E-state index in [-0.39, 0.29) is 11.8 Å². The van der Waals surface area contributed by atoms with Crippen molar-refractivity contribution < 1.29 is 9.59 Å². The van der Waals surface area contributed by atoms with Crippen molar-refractivity contribution in [1.82, 2.24) is 14.9 Å². The number of anilines is 1. The predicted molar refractivity (Wildman–Crippen MR) is 112 cm³/mol. The number of carbonyl (C=O) groups is 2. The first-order chi connectivity index (χ1) is 13.4. The molecule has 0 aliphatic carbocycles. The van der Waals surface area contributed by atoms with Crippen molar-refractivity contribution >= 4 is 28.8 Å². The SMILES string of the molecule is Cc1csc(CCCNC(=O)c2ccc(C)c(NC(=O)c3cccn3C)c2)n1. The highest BCUT2D eigenvalue weighted by Gasteiger charge is 2.13. The molecule has 2 heterocycles. The summed E-state index contributed by atoms with van der Waals surface area (Å²) in [6.07, 6.45) is 3.50. The Labute approximate surface area is 168 Å². The summed E-state index contributed by atoms with van der Waals surface area (Å²) in [5, 5.41) is 8.95. The van der Waals surface area contributed by atoms with E-state index in [2.05, 4.69) is 15.6 Å². The Bertz CT molecular complexity index is 990. The predicted octanol–water partition coefficient (Wildman–Crippen LogP) is 3.71. The summed E-state index contributed by atoms with van der Waals surface area (Å²) in [5.41, 5.74) is 3.66. The van der Waals surface area contributed by atoms with Crippen molar-refractivity contribution in [3.8, 4) is 0 Å². The molecule has 1 aromatic carbocycles. The van der Waals surface area contributed by atoms with Crippen molar-refractivity contribution in [2.75, 3.05) is 11.9 Å². The van der Waals surface area contributed by atoms with Crippen LogP contribution in [0.25, 0.3) is 0 Å². The largest absolute Gasteiger partial charge is 0.352 e. The molecule has 7 heteroatoms. The normalized spacial score (nSPS) is 10.7. The van der Waals surface area contributed by atoms with Gasteiger partial charge in [-0.2, -0.15) is 0 Å². The lowest BCUT2D eigenvalue weighted by atomic mass is 10.1. The van der Waals surface area contributed by atoms with E-state index in [1.807, 2.05) is 44.6 Å². The van der Waals surface area contributed by atoms with Crippen LogP contribution in [0.15, 0.2) is 41.9 Å². The molecular formula is C21H24N4O2S. The Morgan fingerprint density at radius 3 is 2.68 bits per heavy atom. The molecule has 3 rings (SSSR count). The van der Waals surface area contributed by atoms with Gasteiger partial charge in [-0.15, -0.1) is 11.3 Å². The summed E-state index contributed by atoms with van der Waals surface area (Å²) >= 11 is 1.65. The van der Waals surface area contributed by atoms with Crippen LogP contribution in [0.2, 0.25) is 0 Å². The maximum atomic E-state index is 12.5. The minimum atomic E-state index is -0.202. The molecule has 2 aromatic heterocycles. The Hall–Kier alpha value is -2.93. The smallest absolute Gasteiger partial charge is 0.272 e. The average molecular weight is 397 g/mol. The third-order valence-electron chi connectivity index (χ3n) is 4.44. The maximum absolute atomic E-state index is 12.5. The highest BCUT2D eigenvalue weighted by Crippen LogP contribution is 2.18. The lowest BCUT2D eigenvalue weighted by Gasteiger charge is -2.11. The van der Waals surface area contributed by atoms with Crippen molar-refractivity contribution in [3.05, 3.63) is 69.4 Å². The molecule has 2 amide bonds. The van der Waals surface area contributed by atoms with Gasteiger partial charge in [-0.3, -0.25) is 9.59 Å². The number of amides is 2. The molecule has 0 aliphatic heterocycles. The first kappa shape index (κ1) is 19.8. The maximum Gasteiger partial charge on any atom is 0.272 e. The molecule has 0 spiro atoms. The zero-order chi connectivity index (χ0) is 20.1. The van der Waals surface area contributed by atoms with Crippen LogP contribution in [0.1, 0.15) is 43.5 Å². The molecule has 146 valence electrons. The molecule has 0 radical (unpaired) electrons.